The number of methoxy groups -OCH3 is 1. The van der Waals surface area contributed by atoms with Gasteiger partial charge >= 0.3 is 0 Å². The van der Waals surface area contributed by atoms with E-state index in [0.717, 1.165) is 18.7 Å². The number of nitrogens with one attached hydrogen (secondary N) is 1. The topological polar surface area (TPSA) is 74.2 Å². The zero-order chi connectivity index (χ0) is 19.6. The Kier molecular flexibility index (Phi) is 5.41. The Bertz CT molecular complexity index is 908. The summed E-state index contributed by atoms with van der Waals surface area (Å²) in [7, 11) is 1.52. The van der Waals surface area contributed by atoms with Crippen molar-refractivity contribution in [3.05, 3.63) is 47.3 Å². The van der Waals surface area contributed by atoms with Crippen LogP contribution in [0.25, 0.3) is 11.1 Å². The monoisotopic (exact) mass is 371 g/mol. The zero-order valence-electron chi connectivity index (χ0n) is 15.5. The summed E-state index contributed by atoms with van der Waals surface area (Å²) in [5.74, 6) is -0.330. The highest BCUT2D eigenvalue weighted by molar-refractivity contribution is 6.54. The fourth-order valence-corrected chi connectivity index (χ4v) is 3.31. The van der Waals surface area contributed by atoms with E-state index < -0.39 is 5.91 Å². The quantitative estimate of drug-likeness (QED) is 0.602. The van der Waals surface area contributed by atoms with E-state index in [4.69, 9.17) is 4.74 Å². The molecule has 0 bridgehead atoms. The molecule has 0 aliphatic carbocycles. The molecule has 1 amide bonds. The standard InChI is InChI=1S/C20H22FN3O3/c1-4-24(5-2)11-13-8-12(15-10-14(21)6-7-17(15)27-3)9-16-18(13)22-20(25)19(16)23-26/h6-10,26H,4-5,11H2,1-3H3,(H,22,23,25). The molecule has 0 spiro atoms. The van der Waals surface area contributed by atoms with Crippen molar-refractivity contribution in [1.82, 2.24) is 4.90 Å². The van der Waals surface area contributed by atoms with Gasteiger partial charge in [0.15, 0.2) is 5.71 Å². The number of benzene rings is 2. The van der Waals surface area contributed by atoms with Crippen molar-refractivity contribution in [1.29, 1.82) is 0 Å². The molecule has 7 heteroatoms. The van der Waals surface area contributed by atoms with E-state index >= 15 is 0 Å². The third-order valence-corrected chi connectivity index (χ3v) is 4.79. The van der Waals surface area contributed by atoms with Crippen LogP contribution in [0.1, 0.15) is 25.0 Å². The molecule has 1 heterocycles. The van der Waals surface area contributed by atoms with E-state index in [1.54, 1.807) is 12.1 Å². The van der Waals surface area contributed by atoms with Crippen LogP contribution in [0.5, 0.6) is 5.75 Å². The molecule has 1 aliphatic rings. The number of carbonyl (C=O) groups is 1. The second-order valence-electron chi connectivity index (χ2n) is 6.27. The van der Waals surface area contributed by atoms with Crippen LogP contribution >= 0.6 is 0 Å². The van der Waals surface area contributed by atoms with Crippen molar-refractivity contribution in [2.24, 2.45) is 5.16 Å². The maximum absolute atomic E-state index is 13.9. The molecule has 27 heavy (non-hydrogen) atoms. The van der Waals surface area contributed by atoms with Crippen LogP contribution in [-0.4, -0.2) is 41.9 Å². The molecule has 2 N–H and O–H groups in total. The van der Waals surface area contributed by atoms with Crippen molar-refractivity contribution in [2.45, 2.75) is 20.4 Å². The number of anilines is 1. The van der Waals surface area contributed by atoms with E-state index in [1.165, 1.54) is 19.2 Å². The minimum Gasteiger partial charge on any atom is -0.496 e. The fraction of sp³-hybridized carbons (Fsp3) is 0.300. The number of oxime groups is 1. The predicted octanol–water partition coefficient (Wildman–Crippen LogP) is 3.47. The smallest absolute Gasteiger partial charge is 0.278 e. The zero-order valence-corrected chi connectivity index (χ0v) is 15.5. The number of hydrogen-bond acceptors (Lipinski definition) is 5. The molecule has 2 aromatic carbocycles. The highest BCUT2D eigenvalue weighted by atomic mass is 19.1. The lowest BCUT2D eigenvalue weighted by atomic mass is 9.96. The number of hydrogen-bond donors (Lipinski definition) is 2. The first kappa shape index (κ1) is 18.8. The average Bonchev–Trinajstić information content (AvgIpc) is 3.00. The molecule has 142 valence electrons. The lowest BCUT2D eigenvalue weighted by molar-refractivity contribution is -0.110. The van der Waals surface area contributed by atoms with Gasteiger partial charge in [-0.3, -0.25) is 9.69 Å². The van der Waals surface area contributed by atoms with Gasteiger partial charge in [0.05, 0.1) is 12.8 Å². The third kappa shape index (κ3) is 3.50. The number of amides is 1. The molecule has 0 atom stereocenters. The van der Waals surface area contributed by atoms with Crippen LogP contribution in [0.15, 0.2) is 35.5 Å². The van der Waals surface area contributed by atoms with Crippen LogP contribution in [0.2, 0.25) is 0 Å². The van der Waals surface area contributed by atoms with Crippen LogP contribution in [0.3, 0.4) is 0 Å². The van der Waals surface area contributed by atoms with E-state index in [9.17, 15) is 14.4 Å². The summed E-state index contributed by atoms with van der Waals surface area (Å²) >= 11 is 0. The normalized spacial score (nSPS) is 14.6. The van der Waals surface area contributed by atoms with Gasteiger partial charge in [-0.05, 0) is 54.5 Å². The minimum atomic E-state index is -0.461. The second-order valence-corrected chi connectivity index (χ2v) is 6.27. The molecule has 0 saturated carbocycles. The first-order valence-electron chi connectivity index (χ1n) is 8.79. The lowest BCUT2D eigenvalue weighted by Gasteiger charge is -2.21. The maximum atomic E-state index is 13.9. The van der Waals surface area contributed by atoms with Crippen LogP contribution in [0, 0.1) is 5.82 Å². The van der Waals surface area contributed by atoms with Gasteiger partial charge in [-0.2, -0.15) is 0 Å². The van der Waals surface area contributed by atoms with E-state index in [2.05, 4.69) is 29.2 Å². The number of nitrogens with zero attached hydrogens (tertiary/aromatic N) is 2. The number of carbonyl (C=O) groups excluding carboxylic acids is 1. The third-order valence-electron chi connectivity index (χ3n) is 4.79. The van der Waals surface area contributed by atoms with Crippen molar-refractivity contribution in [2.75, 3.05) is 25.5 Å². The molecule has 0 fully saturated rings. The SMILES string of the molecule is CCN(CC)Cc1cc(-c2cc(F)ccc2OC)cc2c1NC(=O)/C2=N\O. The summed E-state index contributed by atoms with van der Waals surface area (Å²) in [6.45, 7) is 6.39. The molecule has 0 aromatic heterocycles. The molecule has 3 rings (SSSR count). The Morgan fingerprint density at radius 2 is 1.93 bits per heavy atom. The van der Waals surface area contributed by atoms with Gasteiger partial charge in [0.25, 0.3) is 5.91 Å². The van der Waals surface area contributed by atoms with Gasteiger partial charge < -0.3 is 15.3 Å². The summed E-state index contributed by atoms with van der Waals surface area (Å²) in [5, 5.41) is 15.2. The van der Waals surface area contributed by atoms with Gasteiger partial charge in [-0.15, -0.1) is 0 Å². The molecule has 1 aliphatic heterocycles. The molecule has 6 nitrogen and oxygen atoms in total. The average molecular weight is 371 g/mol. The second kappa shape index (κ2) is 7.75. The van der Waals surface area contributed by atoms with Crippen molar-refractivity contribution < 1.29 is 19.1 Å². The van der Waals surface area contributed by atoms with Gasteiger partial charge in [0.2, 0.25) is 0 Å². The predicted molar refractivity (Wildman–Crippen MR) is 102 cm³/mol. The van der Waals surface area contributed by atoms with Gasteiger partial charge in [-0.25, -0.2) is 4.39 Å². The summed E-state index contributed by atoms with van der Waals surface area (Å²) in [5.41, 5.74) is 3.18. The van der Waals surface area contributed by atoms with Crippen LogP contribution in [0.4, 0.5) is 10.1 Å². The number of ether oxygens (including phenoxy) is 1. The van der Waals surface area contributed by atoms with E-state index in [1.807, 2.05) is 6.07 Å². The number of halogens is 1. The van der Waals surface area contributed by atoms with Crippen LogP contribution < -0.4 is 10.1 Å². The first-order valence-corrected chi connectivity index (χ1v) is 8.79. The van der Waals surface area contributed by atoms with Crippen molar-refractivity contribution in [3.8, 4) is 16.9 Å². The Labute approximate surface area is 157 Å². The van der Waals surface area contributed by atoms with Crippen molar-refractivity contribution >= 4 is 17.3 Å². The van der Waals surface area contributed by atoms with Crippen LogP contribution in [-0.2, 0) is 11.3 Å². The molecule has 0 unspecified atom stereocenters. The van der Waals surface area contributed by atoms with Gasteiger partial charge in [-0.1, -0.05) is 19.0 Å². The molecule has 2 aromatic rings. The lowest BCUT2D eigenvalue weighted by Crippen LogP contribution is -2.22. The van der Waals surface area contributed by atoms with Gasteiger partial charge in [0.1, 0.15) is 11.6 Å². The summed E-state index contributed by atoms with van der Waals surface area (Å²) in [4.78, 5) is 14.4. The molecule has 0 saturated heterocycles. The Morgan fingerprint density at radius 3 is 2.56 bits per heavy atom. The molecular weight excluding hydrogens is 349 g/mol. The maximum Gasteiger partial charge on any atom is 0.278 e. The minimum absolute atomic E-state index is 0.0528. The molecule has 0 radical (unpaired) electrons. The summed E-state index contributed by atoms with van der Waals surface area (Å²) in [6.07, 6.45) is 0. The van der Waals surface area contributed by atoms with E-state index in [-0.39, 0.29) is 11.5 Å². The summed E-state index contributed by atoms with van der Waals surface area (Å²) < 4.78 is 19.2. The van der Waals surface area contributed by atoms with Crippen molar-refractivity contribution in [3.63, 3.8) is 0 Å². The fourth-order valence-electron chi connectivity index (χ4n) is 3.31. The highest BCUT2D eigenvalue weighted by Gasteiger charge is 2.30. The first-order chi connectivity index (χ1) is 13.0. The Hall–Kier alpha value is -2.93. The Balaban J connectivity index is 2.21. The number of fused-ring (bicyclic) bond motifs is 1. The summed E-state index contributed by atoms with van der Waals surface area (Å²) in [6, 6.07) is 7.91. The number of rotatable bonds is 6. The van der Waals surface area contributed by atoms with E-state index in [0.29, 0.717) is 34.7 Å². The Morgan fingerprint density at radius 1 is 1.19 bits per heavy atom. The van der Waals surface area contributed by atoms with Gasteiger partial charge in [0, 0.05) is 17.7 Å². The highest BCUT2D eigenvalue weighted by Crippen LogP contribution is 2.37. The largest absolute Gasteiger partial charge is 0.496 e. The molecular formula is C20H22FN3O3.